The van der Waals surface area contributed by atoms with E-state index >= 15 is 0 Å². The number of nitrogens with zero attached hydrogens (tertiary/aromatic N) is 1. The van der Waals surface area contributed by atoms with E-state index in [2.05, 4.69) is 25.8 Å². The van der Waals surface area contributed by atoms with Gasteiger partial charge in [0.15, 0.2) is 5.78 Å². The van der Waals surface area contributed by atoms with Crippen molar-refractivity contribution in [2.45, 2.75) is 38.0 Å². The molecular formula is C12H17NOS. The van der Waals surface area contributed by atoms with Crippen LogP contribution >= 0.6 is 11.8 Å². The first-order valence-electron chi connectivity index (χ1n) is 5.14. The van der Waals surface area contributed by atoms with Crippen LogP contribution in [-0.4, -0.2) is 16.0 Å². The number of hydrogen-bond donors (Lipinski definition) is 0. The second kappa shape index (κ2) is 5.31. The molecule has 1 unspecified atom stereocenters. The lowest BCUT2D eigenvalue weighted by atomic mass is 10.2. The zero-order chi connectivity index (χ0) is 11.4. The van der Waals surface area contributed by atoms with E-state index in [1.807, 2.05) is 6.07 Å². The summed E-state index contributed by atoms with van der Waals surface area (Å²) in [5.41, 5.74) is 0.739. The second-order valence-electron chi connectivity index (χ2n) is 4.01. The normalized spacial score (nSPS) is 12.9. The molecule has 0 aromatic carbocycles. The first-order valence-corrected chi connectivity index (χ1v) is 6.02. The largest absolute Gasteiger partial charge is 0.295 e. The zero-order valence-corrected chi connectivity index (χ0v) is 10.5. The molecule has 82 valence electrons. The van der Waals surface area contributed by atoms with Gasteiger partial charge < -0.3 is 0 Å². The lowest BCUT2D eigenvalue weighted by molar-refractivity contribution is 0.101. The van der Waals surface area contributed by atoms with Gasteiger partial charge in [0, 0.05) is 17.0 Å². The number of ketones is 1. The van der Waals surface area contributed by atoms with E-state index in [1.54, 1.807) is 30.9 Å². The van der Waals surface area contributed by atoms with Gasteiger partial charge >= 0.3 is 0 Å². The van der Waals surface area contributed by atoms with Crippen molar-refractivity contribution in [3.63, 3.8) is 0 Å². The van der Waals surface area contributed by atoms with Crippen LogP contribution in [0, 0.1) is 5.92 Å². The minimum atomic E-state index is 0.0939. The smallest absolute Gasteiger partial charge is 0.159 e. The van der Waals surface area contributed by atoms with Crippen LogP contribution in [0.25, 0.3) is 0 Å². The Bertz CT molecular complexity index is 349. The quantitative estimate of drug-likeness (QED) is 0.578. The molecule has 1 aromatic rings. The van der Waals surface area contributed by atoms with E-state index in [-0.39, 0.29) is 5.78 Å². The van der Waals surface area contributed by atoms with Crippen LogP contribution in [0.1, 0.15) is 38.1 Å². The number of Topliss-reactive ketones (excluding diaryl/α,β-unsaturated/α-hetero) is 1. The molecule has 0 aliphatic rings. The highest BCUT2D eigenvalue weighted by Gasteiger charge is 2.10. The van der Waals surface area contributed by atoms with Gasteiger partial charge in [0.2, 0.25) is 0 Å². The molecule has 1 rings (SSSR count). The monoisotopic (exact) mass is 223 g/mol. The third-order valence-electron chi connectivity index (χ3n) is 2.39. The molecule has 1 heterocycles. The molecule has 1 aromatic heterocycles. The number of aromatic nitrogens is 1. The average Bonchev–Trinajstić information content (AvgIpc) is 2.18. The zero-order valence-electron chi connectivity index (χ0n) is 9.65. The lowest BCUT2D eigenvalue weighted by Gasteiger charge is -2.14. The van der Waals surface area contributed by atoms with Gasteiger partial charge in [-0.2, -0.15) is 0 Å². The maximum atomic E-state index is 11.2. The Hall–Kier alpha value is -0.830. The first-order chi connectivity index (χ1) is 7.00. The summed E-state index contributed by atoms with van der Waals surface area (Å²) in [6, 6.07) is 3.62. The average molecular weight is 223 g/mol. The Morgan fingerprint density at radius 2 is 2.07 bits per heavy atom. The minimum absolute atomic E-state index is 0.0939. The molecule has 0 amide bonds. The maximum absolute atomic E-state index is 11.2. The number of carbonyl (C=O) groups excluding carboxylic acids is 1. The standard InChI is InChI=1S/C12H17NOS/c1-8(2)10(4)15-12-7-11(9(3)14)5-6-13-12/h5-8,10H,1-4H3. The molecule has 0 aliphatic heterocycles. The molecule has 0 spiro atoms. The Labute approximate surface area is 95.5 Å². The van der Waals surface area contributed by atoms with Crippen molar-refractivity contribution >= 4 is 17.5 Å². The fourth-order valence-corrected chi connectivity index (χ4v) is 1.99. The van der Waals surface area contributed by atoms with Crippen LogP contribution in [0.4, 0.5) is 0 Å². The van der Waals surface area contributed by atoms with Crippen molar-refractivity contribution in [1.29, 1.82) is 0 Å². The lowest BCUT2D eigenvalue weighted by Crippen LogP contribution is -2.06. The third kappa shape index (κ3) is 3.67. The second-order valence-corrected chi connectivity index (χ2v) is 5.40. The highest BCUT2D eigenvalue weighted by atomic mass is 32.2. The molecule has 2 nitrogen and oxygen atoms in total. The van der Waals surface area contributed by atoms with Crippen molar-refractivity contribution in [2.24, 2.45) is 5.92 Å². The molecule has 0 saturated heterocycles. The van der Waals surface area contributed by atoms with E-state index in [9.17, 15) is 4.79 Å². The summed E-state index contributed by atoms with van der Waals surface area (Å²) >= 11 is 1.72. The van der Waals surface area contributed by atoms with Crippen molar-refractivity contribution in [1.82, 2.24) is 4.98 Å². The molecule has 15 heavy (non-hydrogen) atoms. The SMILES string of the molecule is CC(=O)c1ccnc(SC(C)C(C)C)c1. The fourth-order valence-electron chi connectivity index (χ4n) is 1.02. The Morgan fingerprint density at radius 3 is 2.60 bits per heavy atom. The number of hydrogen-bond acceptors (Lipinski definition) is 3. The Morgan fingerprint density at radius 1 is 1.40 bits per heavy atom. The summed E-state index contributed by atoms with van der Waals surface area (Å²) in [7, 11) is 0. The van der Waals surface area contributed by atoms with Gasteiger partial charge in [-0.1, -0.05) is 20.8 Å². The van der Waals surface area contributed by atoms with Gasteiger partial charge in [-0.15, -0.1) is 11.8 Å². The van der Waals surface area contributed by atoms with E-state index in [4.69, 9.17) is 0 Å². The van der Waals surface area contributed by atoms with Crippen molar-refractivity contribution in [2.75, 3.05) is 0 Å². The molecule has 0 aliphatic carbocycles. The first kappa shape index (κ1) is 12.2. The van der Waals surface area contributed by atoms with Crippen molar-refractivity contribution < 1.29 is 4.79 Å². The van der Waals surface area contributed by atoms with Gasteiger partial charge in [-0.3, -0.25) is 4.79 Å². The van der Waals surface area contributed by atoms with Crippen LogP contribution in [0.2, 0.25) is 0 Å². The number of pyridine rings is 1. The fraction of sp³-hybridized carbons (Fsp3) is 0.500. The predicted octanol–water partition coefficient (Wildman–Crippen LogP) is 3.42. The van der Waals surface area contributed by atoms with E-state index < -0.39 is 0 Å². The van der Waals surface area contributed by atoms with Crippen molar-refractivity contribution in [3.8, 4) is 0 Å². The third-order valence-corrected chi connectivity index (χ3v) is 3.77. The van der Waals surface area contributed by atoms with Gasteiger partial charge in [-0.25, -0.2) is 4.98 Å². The maximum Gasteiger partial charge on any atom is 0.159 e. The summed E-state index contributed by atoms with van der Waals surface area (Å²) in [5, 5.41) is 1.45. The minimum Gasteiger partial charge on any atom is -0.295 e. The highest BCUT2D eigenvalue weighted by molar-refractivity contribution is 7.99. The van der Waals surface area contributed by atoms with Crippen LogP contribution in [-0.2, 0) is 0 Å². The summed E-state index contributed by atoms with van der Waals surface area (Å²) < 4.78 is 0. The van der Waals surface area contributed by atoms with Crippen LogP contribution in [0.15, 0.2) is 23.4 Å². The highest BCUT2D eigenvalue weighted by Crippen LogP contribution is 2.26. The van der Waals surface area contributed by atoms with E-state index in [0.29, 0.717) is 11.2 Å². The Balaban J connectivity index is 2.78. The van der Waals surface area contributed by atoms with Crippen LogP contribution in [0.3, 0.4) is 0 Å². The molecule has 0 saturated carbocycles. The van der Waals surface area contributed by atoms with Crippen molar-refractivity contribution in [3.05, 3.63) is 23.9 Å². The molecule has 0 fully saturated rings. The topological polar surface area (TPSA) is 30.0 Å². The molecule has 3 heteroatoms. The van der Waals surface area contributed by atoms with E-state index in [1.165, 1.54) is 0 Å². The van der Waals surface area contributed by atoms with Gasteiger partial charge in [0.05, 0.1) is 5.03 Å². The molecule has 1 atom stereocenters. The van der Waals surface area contributed by atoms with Gasteiger partial charge in [-0.05, 0) is 25.0 Å². The van der Waals surface area contributed by atoms with Gasteiger partial charge in [0.1, 0.15) is 0 Å². The number of thioether (sulfide) groups is 1. The summed E-state index contributed by atoms with van der Waals surface area (Å²) in [4.78, 5) is 15.4. The summed E-state index contributed by atoms with van der Waals surface area (Å²) in [6.45, 7) is 8.13. The van der Waals surface area contributed by atoms with Crippen LogP contribution in [0.5, 0.6) is 0 Å². The van der Waals surface area contributed by atoms with Gasteiger partial charge in [0.25, 0.3) is 0 Å². The molecule has 0 radical (unpaired) electrons. The molecular weight excluding hydrogens is 206 g/mol. The summed E-state index contributed by atoms with van der Waals surface area (Å²) in [6.07, 6.45) is 1.70. The number of carbonyl (C=O) groups is 1. The Kier molecular flexibility index (Phi) is 4.33. The van der Waals surface area contributed by atoms with Crippen LogP contribution < -0.4 is 0 Å². The summed E-state index contributed by atoms with van der Waals surface area (Å²) in [5.74, 6) is 0.703. The molecule has 0 bridgehead atoms. The number of rotatable bonds is 4. The molecule has 0 N–H and O–H groups in total. The van der Waals surface area contributed by atoms with E-state index in [0.717, 1.165) is 10.6 Å². The predicted molar refractivity (Wildman–Crippen MR) is 64.4 cm³/mol.